The summed E-state index contributed by atoms with van der Waals surface area (Å²) in [5.41, 5.74) is 0.131. The van der Waals surface area contributed by atoms with E-state index in [1.807, 2.05) is 25.1 Å². The van der Waals surface area contributed by atoms with Crippen LogP contribution in [0.3, 0.4) is 0 Å². The maximum Gasteiger partial charge on any atom is 0.234 e. The van der Waals surface area contributed by atoms with Crippen LogP contribution in [0.25, 0.3) is 0 Å². The van der Waals surface area contributed by atoms with E-state index in [1.54, 1.807) is 7.11 Å². The molecular weight excluding hydrogens is 258 g/mol. The van der Waals surface area contributed by atoms with Gasteiger partial charge in [-0.2, -0.15) is 0 Å². The van der Waals surface area contributed by atoms with E-state index in [4.69, 9.17) is 9.47 Å². The number of carbonyl (C=O) groups is 2. The van der Waals surface area contributed by atoms with Gasteiger partial charge in [0.05, 0.1) is 7.11 Å². The fourth-order valence-corrected chi connectivity index (χ4v) is 3.21. The molecule has 1 aromatic carbocycles. The number of Topliss-reactive ketones (excluding diaryl/α,β-unsaturated/α-hetero) is 1. The summed E-state index contributed by atoms with van der Waals surface area (Å²) >= 11 is 0. The predicted molar refractivity (Wildman–Crippen MR) is 71.7 cm³/mol. The smallest absolute Gasteiger partial charge is 0.234 e. The van der Waals surface area contributed by atoms with Crippen LogP contribution in [0.15, 0.2) is 18.2 Å². The largest absolute Gasteiger partial charge is 0.497 e. The number of piperidine rings is 1. The number of ketones is 1. The molecule has 2 aliphatic rings. The topological polar surface area (TPSA) is 64.6 Å². The number of benzene rings is 1. The van der Waals surface area contributed by atoms with E-state index < -0.39 is 11.6 Å². The minimum atomic E-state index is -0.741. The van der Waals surface area contributed by atoms with Crippen molar-refractivity contribution in [2.24, 2.45) is 5.92 Å². The Labute approximate surface area is 117 Å². The first-order valence-electron chi connectivity index (χ1n) is 6.63. The van der Waals surface area contributed by atoms with E-state index in [9.17, 15) is 9.59 Å². The van der Waals surface area contributed by atoms with Crippen molar-refractivity contribution >= 4 is 11.7 Å². The lowest BCUT2D eigenvalue weighted by Gasteiger charge is -2.46. The average molecular weight is 275 g/mol. The lowest BCUT2D eigenvalue weighted by Crippen LogP contribution is -2.61. The molecule has 1 fully saturated rings. The maximum absolute atomic E-state index is 12.2. The van der Waals surface area contributed by atoms with Gasteiger partial charge >= 0.3 is 0 Å². The van der Waals surface area contributed by atoms with Gasteiger partial charge in [-0.25, -0.2) is 0 Å². The summed E-state index contributed by atoms with van der Waals surface area (Å²) in [5.74, 6) is 0.206. The molecule has 2 bridgehead atoms. The lowest BCUT2D eigenvalue weighted by atomic mass is 9.73. The van der Waals surface area contributed by atoms with Gasteiger partial charge in [0.25, 0.3) is 0 Å². The molecule has 0 aliphatic carbocycles. The Morgan fingerprint density at radius 2 is 2.25 bits per heavy atom. The van der Waals surface area contributed by atoms with E-state index in [1.165, 1.54) is 6.92 Å². The Kier molecular flexibility index (Phi) is 2.74. The van der Waals surface area contributed by atoms with Gasteiger partial charge in [-0.15, -0.1) is 0 Å². The quantitative estimate of drug-likeness (QED) is 0.833. The van der Waals surface area contributed by atoms with E-state index >= 15 is 0 Å². The number of amides is 1. The van der Waals surface area contributed by atoms with Gasteiger partial charge in [0, 0.05) is 17.9 Å². The van der Waals surface area contributed by atoms with E-state index in [2.05, 4.69) is 5.32 Å². The van der Waals surface area contributed by atoms with Crippen molar-refractivity contribution in [1.82, 2.24) is 5.32 Å². The van der Waals surface area contributed by atoms with Crippen molar-refractivity contribution < 1.29 is 19.1 Å². The summed E-state index contributed by atoms with van der Waals surface area (Å²) in [6, 6.07) is 5.50. The zero-order valence-electron chi connectivity index (χ0n) is 11.7. The van der Waals surface area contributed by atoms with Crippen molar-refractivity contribution in [3.63, 3.8) is 0 Å². The molecule has 3 rings (SSSR count). The molecule has 5 nitrogen and oxygen atoms in total. The monoisotopic (exact) mass is 275 g/mol. The first-order chi connectivity index (χ1) is 9.43. The number of ether oxygens (including phenoxy) is 2. The van der Waals surface area contributed by atoms with Crippen molar-refractivity contribution in [1.29, 1.82) is 0 Å². The Bertz CT molecular complexity index is 598. The fraction of sp³-hybridized carbons (Fsp3) is 0.467. The average Bonchev–Trinajstić information content (AvgIpc) is 2.36. The molecule has 1 N–H and O–H groups in total. The molecule has 3 atom stereocenters. The molecule has 0 radical (unpaired) electrons. The molecule has 2 heterocycles. The van der Waals surface area contributed by atoms with Crippen molar-refractivity contribution in [2.75, 3.05) is 7.11 Å². The second kappa shape index (κ2) is 4.23. The number of hydrogen-bond donors (Lipinski definition) is 1. The fourth-order valence-electron chi connectivity index (χ4n) is 3.21. The summed E-state index contributed by atoms with van der Waals surface area (Å²) in [4.78, 5) is 24.0. The van der Waals surface area contributed by atoms with E-state index in [0.717, 1.165) is 5.56 Å². The van der Waals surface area contributed by atoms with Crippen LogP contribution in [0.5, 0.6) is 11.5 Å². The number of hydrogen-bond acceptors (Lipinski definition) is 4. The van der Waals surface area contributed by atoms with Crippen LogP contribution in [0.1, 0.15) is 31.7 Å². The molecule has 106 valence electrons. The van der Waals surface area contributed by atoms with Crippen LogP contribution in [-0.2, 0) is 9.59 Å². The first-order valence-corrected chi connectivity index (χ1v) is 6.63. The summed E-state index contributed by atoms with van der Waals surface area (Å²) < 4.78 is 11.1. The molecule has 1 amide bonds. The van der Waals surface area contributed by atoms with Gasteiger partial charge in [-0.3, -0.25) is 9.59 Å². The predicted octanol–water partition coefficient (Wildman–Crippen LogP) is 1.61. The van der Waals surface area contributed by atoms with E-state index in [0.29, 0.717) is 17.9 Å². The van der Waals surface area contributed by atoms with Crippen LogP contribution in [0.2, 0.25) is 0 Å². The normalized spacial score (nSPS) is 30.9. The minimum Gasteiger partial charge on any atom is -0.497 e. The SMILES string of the molecule is COc1ccc2c(c1)[C@@H]1C[C@@](C)(NC(=O)C1C(C)=O)O2. The maximum atomic E-state index is 12.2. The standard InChI is InChI=1S/C15H17NO4/c1-8(17)13-11-7-15(2,16-14(13)18)20-12-5-4-9(19-3)6-10(11)12/h4-6,11,13H,7H2,1-3H3,(H,16,18)/t11-,13?,15-/m0/s1. The Hall–Kier alpha value is -2.04. The molecule has 0 spiro atoms. The highest BCUT2D eigenvalue weighted by Crippen LogP contribution is 2.47. The summed E-state index contributed by atoms with van der Waals surface area (Å²) in [6.07, 6.45) is 0.586. The second-order valence-corrected chi connectivity index (χ2v) is 5.62. The summed E-state index contributed by atoms with van der Waals surface area (Å²) in [7, 11) is 1.59. The third kappa shape index (κ3) is 1.85. The van der Waals surface area contributed by atoms with Crippen molar-refractivity contribution in [3.8, 4) is 11.5 Å². The molecule has 0 saturated carbocycles. The molecule has 5 heteroatoms. The van der Waals surface area contributed by atoms with Crippen molar-refractivity contribution in [3.05, 3.63) is 23.8 Å². The second-order valence-electron chi connectivity index (χ2n) is 5.62. The molecule has 1 saturated heterocycles. The number of carbonyl (C=O) groups excluding carboxylic acids is 2. The van der Waals surface area contributed by atoms with Crippen LogP contribution in [-0.4, -0.2) is 24.5 Å². The highest BCUT2D eigenvalue weighted by molar-refractivity contribution is 6.02. The van der Waals surface area contributed by atoms with Gasteiger partial charge in [0.1, 0.15) is 23.2 Å². The number of methoxy groups -OCH3 is 1. The molecule has 0 aromatic heterocycles. The Morgan fingerprint density at radius 1 is 1.50 bits per heavy atom. The number of nitrogens with one attached hydrogen (secondary N) is 1. The lowest BCUT2D eigenvalue weighted by molar-refractivity contribution is -0.145. The Balaban J connectivity index is 2.13. The minimum absolute atomic E-state index is 0.120. The molecule has 1 unspecified atom stereocenters. The van der Waals surface area contributed by atoms with Crippen molar-refractivity contribution in [2.45, 2.75) is 31.9 Å². The summed E-state index contributed by atoms with van der Waals surface area (Å²) in [6.45, 7) is 3.30. The van der Waals surface area contributed by atoms with Crippen LogP contribution >= 0.6 is 0 Å². The molecule has 2 aliphatic heterocycles. The van der Waals surface area contributed by atoms with Gasteiger partial charge in [-0.05, 0) is 32.0 Å². The third-order valence-electron chi connectivity index (χ3n) is 4.07. The molecule has 1 aromatic rings. The van der Waals surface area contributed by atoms with Crippen LogP contribution in [0.4, 0.5) is 0 Å². The van der Waals surface area contributed by atoms with E-state index in [-0.39, 0.29) is 17.6 Å². The van der Waals surface area contributed by atoms with Gasteiger partial charge in [0.2, 0.25) is 5.91 Å². The molecular formula is C15H17NO4. The zero-order valence-corrected chi connectivity index (χ0v) is 11.7. The Morgan fingerprint density at radius 3 is 2.90 bits per heavy atom. The highest BCUT2D eigenvalue weighted by atomic mass is 16.5. The molecule has 20 heavy (non-hydrogen) atoms. The number of rotatable bonds is 2. The van der Waals surface area contributed by atoms with Gasteiger partial charge < -0.3 is 14.8 Å². The van der Waals surface area contributed by atoms with Crippen LogP contribution in [0, 0.1) is 5.92 Å². The zero-order chi connectivity index (χ0) is 14.5. The van der Waals surface area contributed by atoms with Crippen LogP contribution < -0.4 is 14.8 Å². The third-order valence-corrected chi connectivity index (χ3v) is 4.07. The summed E-state index contributed by atoms with van der Waals surface area (Å²) in [5, 5.41) is 2.81. The number of fused-ring (bicyclic) bond motifs is 4. The van der Waals surface area contributed by atoms with Gasteiger partial charge in [-0.1, -0.05) is 0 Å². The highest BCUT2D eigenvalue weighted by Gasteiger charge is 2.50. The van der Waals surface area contributed by atoms with Gasteiger partial charge in [0.15, 0.2) is 5.72 Å². The first kappa shape index (κ1) is 13.0.